The molecule has 182 valence electrons. The third kappa shape index (κ3) is 6.68. The molecule has 0 aromatic heterocycles. The molecule has 0 aliphatic heterocycles. The Labute approximate surface area is 206 Å². The van der Waals surface area contributed by atoms with Gasteiger partial charge in [0.15, 0.2) is 11.5 Å². The van der Waals surface area contributed by atoms with Crippen molar-refractivity contribution in [3.8, 4) is 17.6 Å². The smallest absolute Gasteiger partial charge is 0.335 e. The van der Waals surface area contributed by atoms with Crippen molar-refractivity contribution in [3.63, 3.8) is 0 Å². The number of nitro groups is 1. The highest BCUT2D eigenvalue weighted by molar-refractivity contribution is 6.10. The summed E-state index contributed by atoms with van der Waals surface area (Å²) >= 11 is 0. The van der Waals surface area contributed by atoms with E-state index in [1.165, 1.54) is 42.5 Å². The lowest BCUT2D eigenvalue weighted by atomic mass is 10.1. The molecule has 0 radical (unpaired) electrons. The van der Waals surface area contributed by atoms with Gasteiger partial charge in [0.05, 0.1) is 17.1 Å². The number of anilines is 1. The molecule has 0 unspecified atom stereocenters. The highest BCUT2D eigenvalue weighted by atomic mass is 16.6. The number of aromatic carboxylic acids is 1. The van der Waals surface area contributed by atoms with Crippen LogP contribution in [0.5, 0.6) is 11.5 Å². The molecule has 3 aromatic rings. The van der Waals surface area contributed by atoms with Crippen molar-refractivity contribution in [1.29, 1.82) is 5.26 Å². The number of amides is 1. The fourth-order valence-electron chi connectivity index (χ4n) is 3.17. The number of benzene rings is 3. The second-order valence-corrected chi connectivity index (χ2v) is 7.36. The van der Waals surface area contributed by atoms with Crippen molar-refractivity contribution >= 4 is 29.3 Å². The Kier molecular flexibility index (Phi) is 8.35. The van der Waals surface area contributed by atoms with Gasteiger partial charge < -0.3 is 19.9 Å². The Morgan fingerprint density at radius 2 is 1.86 bits per heavy atom. The van der Waals surface area contributed by atoms with Crippen LogP contribution in [0.3, 0.4) is 0 Å². The molecular formula is C26H21N3O7. The number of ether oxygens (including phenoxy) is 2. The maximum absolute atomic E-state index is 12.6. The van der Waals surface area contributed by atoms with Crippen LogP contribution in [0.4, 0.5) is 11.4 Å². The number of hydrogen-bond acceptors (Lipinski definition) is 7. The zero-order chi connectivity index (χ0) is 26.1. The number of carbonyl (C=O) groups is 2. The summed E-state index contributed by atoms with van der Waals surface area (Å²) in [6, 6.07) is 18.4. The van der Waals surface area contributed by atoms with Gasteiger partial charge >= 0.3 is 5.97 Å². The van der Waals surface area contributed by atoms with Gasteiger partial charge in [0.2, 0.25) is 0 Å². The predicted molar refractivity (Wildman–Crippen MR) is 131 cm³/mol. The molecule has 10 nitrogen and oxygen atoms in total. The van der Waals surface area contributed by atoms with Gasteiger partial charge in [0.1, 0.15) is 18.2 Å². The van der Waals surface area contributed by atoms with Crippen LogP contribution in [0.2, 0.25) is 0 Å². The monoisotopic (exact) mass is 487 g/mol. The molecule has 0 aliphatic carbocycles. The normalized spacial score (nSPS) is 10.7. The fourth-order valence-corrected chi connectivity index (χ4v) is 3.17. The number of carboxylic acid groups (broad SMARTS) is 1. The molecular weight excluding hydrogens is 466 g/mol. The van der Waals surface area contributed by atoms with E-state index in [1.807, 2.05) is 6.07 Å². The number of hydrogen-bond donors (Lipinski definition) is 2. The van der Waals surface area contributed by atoms with Crippen LogP contribution >= 0.6 is 0 Å². The van der Waals surface area contributed by atoms with E-state index in [1.54, 1.807) is 37.3 Å². The quantitative estimate of drug-likeness (QED) is 0.179. The summed E-state index contributed by atoms with van der Waals surface area (Å²) < 4.78 is 11.4. The summed E-state index contributed by atoms with van der Waals surface area (Å²) in [7, 11) is 0. The van der Waals surface area contributed by atoms with E-state index in [2.05, 4.69) is 5.32 Å². The van der Waals surface area contributed by atoms with Crippen molar-refractivity contribution in [2.24, 2.45) is 0 Å². The van der Waals surface area contributed by atoms with E-state index >= 15 is 0 Å². The molecule has 0 bridgehead atoms. The third-order valence-corrected chi connectivity index (χ3v) is 4.83. The largest absolute Gasteiger partial charge is 0.490 e. The number of non-ortho nitro benzene ring substituents is 1. The van der Waals surface area contributed by atoms with E-state index in [4.69, 9.17) is 14.6 Å². The van der Waals surface area contributed by atoms with Crippen LogP contribution < -0.4 is 14.8 Å². The first-order valence-corrected chi connectivity index (χ1v) is 10.7. The number of carbonyl (C=O) groups excluding carboxylic acids is 1. The minimum atomic E-state index is -1.14. The van der Waals surface area contributed by atoms with Crippen LogP contribution in [0, 0.1) is 21.4 Å². The Morgan fingerprint density at radius 1 is 1.08 bits per heavy atom. The average Bonchev–Trinajstić information content (AvgIpc) is 2.87. The molecule has 36 heavy (non-hydrogen) atoms. The van der Waals surface area contributed by atoms with Crippen molar-refractivity contribution in [3.05, 3.63) is 99.1 Å². The van der Waals surface area contributed by atoms with Gasteiger partial charge in [-0.05, 0) is 54.5 Å². The first-order chi connectivity index (χ1) is 17.3. The fraction of sp³-hybridized carbons (Fsp3) is 0.115. The van der Waals surface area contributed by atoms with Gasteiger partial charge in [-0.3, -0.25) is 14.9 Å². The first-order valence-electron chi connectivity index (χ1n) is 10.7. The van der Waals surface area contributed by atoms with E-state index in [0.717, 1.165) is 0 Å². The molecule has 3 aromatic carbocycles. The second-order valence-electron chi connectivity index (χ2n) is 7.36. The van der Waals surface area contributed by atoms with E-state index < -0.39 is 16.8 Å². The number of nitriles is 1. The molecule has 2 N–H and O–H groups in total. The summed E-state index contributed by atoms with van der Waals surface area (Å²) in [5, 5.41) is 32.1. The Hall–Kier alpha value is -5.17. The number of rotatable bonds is 10. The molecule has 0 spiro atoms. The molecule has 1 amide bonds. The van der Waals surface area contributed by atoms with Crippen LogP contribution in [-0.4, -0.2) is 28.5 Å². The van der Waals surface area contributed by atoms with Gasteiger partial charge in [-0.25, -0.2) is 4.79 Å². The number of nitro benzene ring substituents is 1. The van der Waals surface area contributed by atoms with Gasteiger partial charge in [-0.1, -0.05) is 24.3 Å². The summed E-state index contributed by atoms with van der Waals surface area (Å²) in [5.41, 5.74) is 1.08. The molecule has 0 saturated heterocycles. The summed E-state index contributed by atoms with van der Waals surface area (Å²) in [6.45, 7) is 2.18. The lowest BCUT2D eigenvalue weighted by Crippen LogP contribution is -2.14. The van der Waals surface area contributed by atoms with Gasteiger partial charge in [-0.2, -0.15) is 5.26 Å². The maximum Gasteiger partial charge on any atom is 0.335 e. The number of nitrogens with one attached hydrogen (secondary N) is 1. The Morgan fingerprint density at radius 3 is 2.56 bits per heavy atom. The maximum atomic E-state index is 12.6. The number of carboxylic acids is 1. The van der Waals surface area contributed by atoms with Gasteiger partial charge in [-0.15, -0.1) is 0 Å². The van der Waals surface area contributed by atoms with Crippen molar-refractivity contribution in [1.82, 2.24) is 0 Å². The number of nitrogens with zero attached hydrogens (tertiary/aromatic N) is 2. The van der Waals surface area contributed by atoms with Crippen LogP contribution in [0.1, 0.15) is 28.4 Å². The lowest BCUT2D eigenvalue weighted by Gasteiger charge is -2.13. The molecule has 0 atom stereocenters. The van der Waals surface area contributed by atoms with Gasteiger partial charge in [0.25, 0.3) is 11.6 Å². The summed E-state index contributed by atoms with van der Waals surface area (Å²) in [4.78, 5) is 34.2. The zero-order valence-corrected chi connectivity index (χ0v) is 19.1. The highest BCUT2D eigenvalue weighted by Crippen LogP contribution is 2.30. The van der Waals surface area contributed by atoms with Gasteiger partial charge in [0, 0.05) is 17.8 Å². The topological polar surface area (TPSA) is 152 Å². The molecule has 0 fully saturated rings. The minimum Gasteiger partial charge on any atom is -0.490 e. The molecule has 10 heteroatoms. The summed E-state index contributed by atoms with van der Waals surface area (Å²) in [5.74, 6) is -1.10. The van der Waals surface area contributed by atoms with Crippen molar-refractivity contribution in [2.75, 3.05) is 11.9 Å². The standard InChI is InChI=1S/C26H21N3O7/c1-2-35-24-13-17(9-10-23(24)36-16-18-5-3-8-22(12-18)29(33)34)11-20(15-27)25(30)28-21-7-4-6-19(14-21)26(31)32/h3-14H,2,16H2,1H3,(H,28,30)(H,31,32)/b20-11-. The molecule has 0 heterocycles. The van der Waals surface area contributed by atoms with Crippen LogP contribution in [0.15, 0.2) is 72.3 Å². The SMILES string of the molecule is CCOc1cc(/C=C(/C#N)C(=O)Nc2cccc(C(=O)O)c2)ccc1OCc1cccc([N+](=O)[O-])c1. The van der Waals surface area contributed by atoms with E-state index in [-0.39, 0.29) is 29.1 Å². The Balaban J connectivity index is 1.79. The molecule has 0 saturated carbocycles. The predicted octanol–water partition coefficient (Wildman–Crippen LogP) is 4.82. The highest BCUT2D eigenvalue weighted by Gasteiger charge is 2.13. The molecule has 0 aliphatic rings. The van der Waals surface area contributed by atoms with Crippen molar-refractivity contribution < 1.29 is 29.1 Å². The second kappa shape index (κ2) is 11.8. The van der Waals surface area contributed by atoms with E-state index in [0.29, 0.717) is 29.2 Å². The third-order valence-electron chi connectivity index (χ3n) is 4.83. The Bertz CT molecular complexity index is 1380. The van der Waals surface area contributed by atoms with Crippen LogP contribution in [-0.2, 0) is 11.4 Å². The summed E-state index contributed by atoms with van der Waals surface area (Å²) in [6.07, 6.45) is 1.36. The minimum absolute atomic E-state index is 0.00246. The average molecular weight is 487 g/mol. The zero-order valence-electron chi connectivity index (χ0n) is 19.1. The van der Waals surface area contributed by atoms with Crippen LogP contribution in [0.25, 0.3) is 6.08 Å². The lowest BCUT2D eigenvalue weighted by molar-refractivity contribution is -0.384. The van der Waals surface area contributed by atoms with Crippen molar-refractivity contribution in [2.45, 2.75) is 13.5 Å². The first kappa shape index (κ1) is 25.5. The van der Waals surface area contributed by atoms with E-state index in [9.17, 15) is 25.0 Å². The molecule has 3 rings (SSSR count).